The fourth-order valence-corrected chi connectivity index (χ4v) is 3.52. The van der Waals surface area contributed by atoms with E-state index < -0.39 is 0 Å². The number of primary amides is 1. The first-order valence-electron chi connectivity index (χ1n) is 7.82. The van der Waals surface area contributed by atoms with Gasteiger partial charge in [-0.05, 0) is 26.0 Å². The van der Waals surface area contributed by atoms with Gasteiger partial charge in [0.15, 0.2) is 5.16 Å². The third kappa shape index (κ3) is 4.11. The maximum atomic E-state index is 11.1. The molecule has 0 aliphatic heterocycles. The molecule has 0 atom stereocenters. The van der Waals surface area contributed by atoms with Crippen molar-refractivity contribution in [3.8, 4) is 0 Å². The van der Waals surface area contributed by atoms with Crippen LogP contribution in [0.25, 0.3) is 0 Å². The molecule has 3 aromatic heterocycles. The fourth-order valence-electron chi connectivity index (χ4n) is 2.41. The zero-order valence-corrected chi connectivity index (χ0v) is 14.9. The molecule has 0 unspecified atom stereocenters. The number of aryl methyl sites for hydroxylation is 3. The van der Waals surface area contributed by atoms with Crippen molar-refractivity contribution in [2.24, 2.45) is 5.73 Å². The van der Waals surface area contributed by atoms with Crippen molar-refractivity contribution in [2.45, 2.75) is 44.1 Å². The van der Waals surface area contributed by atoms with Gasteiger partial charge in [-0.15, -0.1) is 10.2 Å². The maximum absolute atomic E-state index is 11.1. The number of nitrogens with two attached hydrogens (primary N) is 1. The largest absolute Gasteiger partial charge is 0.467 e. The molecule has 0 aromatic carbocycles. The van der Waals surface area contributed by atoms with Crippen LogP contribution in [0.3, 0.4) is 0 Å². The highest BCUT2D eigenvalue weighted by atomic mass is 32.2. The minimum Gasteiger partial charge on any atom is -0.467 e. The van der Waals surface area contributed by atoms with Gasteiger partial charge in [-0.25, -0.2) is 0 Å². The monoisotopic (exact) mass is 361 g/mol. The van der Waals surface area contributed by atoms with Crippen molar-refractivity contribution in [1.29, 1.82) is 0 Å². The van der Waals surface area contributed by atoms with E-state index in [4.69, 9.17) is 14.7 Å². The van der Waals surface area contributed by atoms with E-state index in [9.17, 15) is 4.79 Å². The molecule has 132 valence electrons. The van der Waals surface area contributed by atoms with Crippen molar-refractivity contribution in [2.75, 3.05) is 0 Å². The molecule has 0 aliphatic rings. The Labute approximate surface area is 148 Å². The van der Waals surface area contributed by atoms with Crippen LogP contribution in [0, 0.1) is 13.8 Å². The van der Waals surface area contributed by atoms with Crippen LogP contribution in [-0.4, -0.2) is 25.8 Å². The summed E-state index contributed by atoms with van der Waals surface area (Å²) in [6.07, 6.45) is 2.29. The lowest BCUT2D eigenvalue weighted by molar-refractivity contribution is -0.118. The third-order valence-corrected chi connectivity index (χ3v) is 4.80. The minimum absolute atomic E-state index is 0.227. The Hall–Kier alpha value is -2.55. The molecule has 3 heterocycles. The molecular formula is C16H19N5O3S. The van der Waals surface area contributed by atoms with Crippen LogP contribution in [0.5, 0.6) is 0 Å². The lowest BCUT2D eigenvalue weighted by Gasteiger charge is -2.08. The van der Waals surface area contributed by atoms with E-state index in [1.54, 1.807) is 18.0 Å². The highest BCUT2D eigenvalue weighted by molar-refractivity contribution is 7.98. The van der Waals surface area contributed by atoms with Gasteiger partial charge in [-0.1, -0.05) is 16.9 Å². The summed E-state index contributed by atoms with van der Waals surface area (Å²) in [5.41, 5.74) is 7.18. The summed E-state index contributed by atoms with van der Waals surface area (Å²) >= 11 is 1.54. The van der Waals surface area contributed by atoms with Crippen molar-refractivity contribution in [3.05, 3.63) is 47.0 Å². The number of furan rings is 1. The maximum Gasteiger partial charge on any atom is 0.217 e. The first-order chi connectivity index (χ1) is 12.0. The second-order valence-electron chi connectivity index (χ2n) is 5.62. The van der Waals surface area contributed by atoms with E-state index in [0.29, 0.717) is 24.5 Å². The summed E-state index contributed by atoms with van der Waals surface area (Å²) in [6.45, 7) is 4.30. The average Bonchev–Trinajstić information content (AvgIpc) is 3.28. The molecule has 1 amide bonds. The van der Waals surface area contributed by atoms with Crippen LogP contribution in [0.1, 0.15) is 35.0 Å². The van der Waals surface area contributed by atoms with Crippen LogP contribution >= 0.6 is 11.8 Å². The highest BCUT2D eigenvalue weighted by Gasteiger charge is 2.17. The molecule has 0 saturated heterocycles. The van der Waals surface area contributed by atoms with Crippen molar-refractivity contribution < 1.29 is 13.7 Å². The fraction of sp³-hybridized carbons (Fsp3) is 0.375. The molecule has 9 heteroatoms. The zero-order chi connectivity index (χ0) is 17.8. The molecular weight excluding hydrogens is 342 g/mol. The van der Waals surface area contributed by atoms with E-state index in [2.05, 4.69) is 15.4 Å². The molecule has 0 aliphatic carbocycles. The smallest absolute Gasteiger partial charge is 0.217 e. The summed E-state index contributed by atoms with van der Waals surface area (Å²) in [5, 5.41) is 13.2. The van der Waals surface area contributed by atoms with Gasteiger partial charge in [0.1, 0.15) is 17.3 Å². The molecule has 3 rings (SSSR count). The average molecular weight is 361 g/mol. The van der Waals surface area contributed by atoms with Crippen LogP contribution < -0.4 is 5.73 Å². The Bertz CT molecular complexity index is 834. The predicted molar refractivity (Wildman–Crippen MR) is 90.9 cm³/mol. The van der Waals surface area contributed by atoms with E-state index in [1.165, 1.54) is 0 Å². The zero-order valence-electron chi connectivity index (χ0n) is 14.1. The molecule has 0 spiro atoms. The van der Waals surface area contributed by atoms with Crippen molar-refractivity contribution in [1.82, 2.24) is 19.9 Å². The Morgan fingerprint density at radius 1 is 1.36 bits per heavy atom. The molecule has 3 aromatic rings. The Balaban J connectivity index is 1.80. The molecule has 0 saturated carbocycles. The van der Waals surface area contributed by atoms with E-state index >= 15 is 0 Å². The van der Waals surface area contributed by atoms with Gasteiger partial charge in [0.05, 0.1) is 18.5 Å². The van der Waals surface area contributed by atoms with Gasteiger partial charge >= 0.3 is 0 Å². The summed E-state index contributed by atoms with van der Waals surface area (Å²) in [4.78, 5) is 11.1. The van der Waals surface area contributed by atoms with Gasteiger partial charge in [-0.2, -0.15) is 0 Å². The number of thioether (sulfide) groups is 1. The topological polar surface area (TPSA) is 113 Å². The SMILES string of the molecule is Cc1noc(C)c1CSc1nnc(CCC(N)=O)n1Cc1ccco1. The normalized spacial score (nSPS) is 11.1. The van der Waals surface area contributed by atoms with Gasteiger partial charge in [-0.3, -0.25) is 9.36 Å². The highest BCUT2D eigenvalue weighted by Crippen LogP contribution is 2.26. The number of rotatable bonds is 8. The summed E-state index contributed by atoms with van der Waals surface area (Å²) in [6, 6.07) is 3.72. The van der Waals surface area contributed by atoms with E-state index in [-0.39, 0.29) is 12.3 Å². The van der Waals surface area contributed by atoms with Gasteiger partial charge in [0.2, 0.25) is 5.91 Å². The third-order valence-electron chi connectivity index (χ3n) is 3.81. The minimum atomic E-state index is -0.363. The molecule has 0 bridgehead atoms. The number of hydrogen-bond acceptors (Lipinski definition) is 7. The van der Waals surface area contributed by atoms with Crippen LogP contribution in [-0.2, 0) is 23.5 Å². The van der Waals surface area contributed by atoms with E-state index in [1.807, 2.05) is 30.5 Å². The van der Waals surface area contributed by atoms with Crippen molar-refractivity contribution in [3.63, 3.8) is 0 Å². The summed E-state index contributed by atoms with van der Waals surface area (Å²) < 4.78 is 12.6. The lowest BCUT2D eigenvalue weighted by atomic mass is 10.2. The van der Waals surface area contributed by atoms with Gasteiger partial charge in [0.25, 0.3) is 0 Å². The lowest BCUT2D eigenvalue weighted by Crippen LogP contribution is -2.14. The summed E-state index contributed by atoms with van der Waals surface area (Å²) in [5.74, 6) is 2.61. The standard InChI is InChI=1S/C16H19N5O3S/c1-10-13(11(2)24-20-10)9-25-16-19-18-15(6-5-14(17)22)21(16)8-12-4-3-7-23-12/h3-4,7H,5-6,8-9H2,1-2H3,(H2,17,22). The molecule has 0 fully saturated rings. The summed E-state index contributed by atoms with van der Waals surface area (Å²) in [7, 11) is 0. The first-order valence-corrected chi connectivity index (χ1v) is 8.80. The number of carbonyl (C=O) groups is 1. The van der Waals surface area contributed by atoms with E-state index in [0.717, 1.165) is 27.9 Å². The van der Waals surface area contributed by atoms with Crippen molar-refractivity contribution >= 4 is 17.7 Å². The molecule has 2 N–H and O–H groups in total. The van der Waals surface area contributed by atoms with Gasteiger partial charge < -0.3 is 14.7 Å². The molecule has 8 nitrogen and oxygen atoms in total. The number of carbonyl (C=O) groups excluding carboxylic acids is 1. The molecule has 25 heavy (non-hydrogen) atoms. The molecule has 0 radical (unpaired) electrons. The van der Waals surface area contributed by atoms with Gasteiger partial charge in [0, 0.05) is 24.2 Å². The number of nitrogens with zero attached hydrogens (tertiary/aromatic N) is 4. The van der Waals surface area contributed by atoms with Crippen LogP contribution in [0.2, 0.25) is 0 Å². The first kappa shape index (κ1) is 17.3. The second kappa shape index (κ2) is 7.56. The van der Waals surface area contributed by atoms with Crippen LogP contribution in [0.15, 0.2) is 32.5 Å². The predicted octanol–water partition coefficient (Wildman–Crippen LogP) is 2.23. The quantitative estimate of drug-likeness (QED) is 0.612. The Kier molecular flexibility index (Phi) is 5.22. The number of hydrogen-bond donors (Lipinski definition) is 1. The number of aromatic nitrogens is 4. The number of amides is 1. The Morgan fingerprint density at radius 2 is 2.20 bits per heavy atom. The van der Waals surface area contributed by atoms with Crippen LogP contribution in [0.4, 0.5) is 0 Å². The Morgan fingerprint density at radius 3 is 2.84 bits per heavy atom. The second-order valence-corrected chi connectivity index (χ2v) is 6.56.